The Balaban J connectivity index is 1.18. The highest BCUT2D eigenvalue weighted by Gasteiger charge is 2.20. The Kier molecular flexibility index (Phi) is 5.65. The van der Waals surface area contributed by atoms with Gasteiger partial charge < -0.3 is 13.4 Å². The van der Waals surface area contributed by atoms with E-state index in [1.807, 2.05) is 35.6 Å². The molecule has 4 heterocycles. The molecule has 0 unspecified atom stereocenters. The number of benzene rings is 8. The van der Waals surface area contributed by atoms with Crippen molar-refractivity contribution in [1.82, 2.24) is 4.57 Å². The quantitative estimate of drug-likeness (QED) is 0.186. The van der Waals surface area contributed by atoms with E-state index in [0.29, 0.717) is 0 Å². The summed E-state index contributed by atoms with van der Waals surface area (Å²) in [6, 6.07) is 59.0. The average molecular weight is 682 g/mol. The Morgan fingerprint density at radius 2 is 0.904 bits per heavy atom. The third-order valence-electron chi connectivity index (χ3n) is 10.8. The van der Waals surface area contributed by atoms with E-state index in [-0.39, 0.29) is 0 Å². The molecule has 0 aliphatic rings. The number of thiophene rings is 1. The van der Waals surface area contributed by atoms with Gasteiger partial charge in [-0.1, -0.05) is 97.1 Å². The zero-order chi connectivity index (χ0) is 33.9. The maximum absolute atomic E-state index is 6.24. The number of hydrogen-bond acceptors (Lipinski definition) is 3. The number of nitrogens with zero attached hydrogens (tertiary/aromatic N) is 1. The van der Waals surface area contributed by atoms with Crippen molar-refractivity contribution >= 4 is 97.2 Å². The largest absolute Gasteiger partial charge is 0.456 e. The van der Waals surface area contributed by atoms with Crippen molar-refractivity contribution < 1.29 is 8.83 Å². The summed E-state index contributed by atoms with van der Waals surface area (Å²) < 4.78 is 17.6. The van der Waals surface area contributed by atoms with Crippen LogP contribution in [0, 0.1) is 0 Å². The van der Waals surface area contributed by atoms with Crippen LogP contribution in [0.1, 0.15) is 0 Å². The van der Waals surface area contributed by atoms with Gasteiger partial charge in [-0.3, -0.25) is 0 Å². The Labute approximate surface area is 301 Å². The Morgan fingerprint density at radius 3 is 1.58 bits per heavy atom. The summed E-state index contributed by atoms with van der Waals surface area (Å²) >= 11 is 1.88. The lowest BCUT2D eigenvalue weighted by Crippen LogP contribution is -1.96. The van der Waals surface area contributed by atoms with Crippen LogP contribution in [0.25, 0.3) is 114 Å². The molecule has 0 bridgehead atoms. The first-order valence-corrected chi connectivity index (χ1v) is 18.4. The fourth-order valence-electron chi connectivity index (χ4n) is 8.38. The Bertz CT molecular complexity index is 3290. The molecule has 3 nitrogen and oxygen atoms in total. The highest BCUT2D eigenvalue weighted by molar-refractivity contribution is 7.26. The van der Waals surface area contributed by atoms with E-state index < -0.39 is 0 Å². The molecule has 0 N–H and O–H groups in total. The summed E-state index contributed by atoms with van der Waals surface area (Å²) in [6.07, 6.45) is 0. The smallest absolute Gasteiger partial charge is 0.135 e. The third kappa shape index (κ3) is 3.95. The van der Waals surface area contributed by atoms with E-state index in [2.05, 4.69) is 144 Å². The predicted octanol–water partition coefficient (Wildman–Crippen LogP) is 14.3. The molecule has 0 amide bonds. The second kappa shape index (κ2) is 10.5. The second-order valence-corrected chi connectivity index (χ2v) is 14.7. The highest BCUT2D eigenvalue weighted by atomic mass is 32.1. The van der Waals surface area contributed by atoms with Crippen LogP contribution in [0.15, 0.2) is 173 Å². The lowest BCUT2D eigenvalue weighted by Gasteiger charge is -2.14. The predicted molar refractivity (Wildman–Crippen MR) is 219 cm³/mol. The van der Waals surface area contributed by atoms with E-state index >= 15 is 0 Å². The molecule has 52 heavy (non-hydrogen) atoms. The minimum absolute atomic E-state index is 0.896. The molecular formula is C48H27NO2S. The summed E-state index contributed by atoms with van der Waals surface area (Å²) in [5, 5.41) is 9.61. The van der Waals surface area contributed by atoms with E-state index in [1.165, 1.54) is 42.0 Å². The summed E-state index contributed by atoms with van der Waals surface area (Å²) in [4.78, 5) is 0. The van der Waals surface area contributed by atoms with Gasteiger partial charge in [-0.15, -0.1) is 11.3 Å². The average Bonchev–Trinajstić information content (AvgIpc) is 3.96. The molecule has 0 fully saturated rings. The van der Waals surface area contributed by atoms with Crippen LogP contribution in [0.4, 0.5) is 0 Å². The molecule has 0 saturated heterocycles. The van der Waals surface area contributed by atoms with Crippen molar-refractivity contribution in [3.63, 3.8) is 0 Å². The normalized spacial score (nSPS) is 12.2. The van der Waals surface area contributed by atoms with Crippen LogP contribution in [0.5, 0.6) is 0 Å². The molecule has 12 rings (SSSR count). The first-order chi connectivity index (χ1) is 25.7. The van der Waals surface area contributed by atoms with Gasteiger partial charge in [0, 0.05) is 53.5 Å². The third-order valence-corrected chi connectivity index (χ3v) is 12.0. The molecule has 8 aromatic carbocycles. The van der Waals surface area contributed by atoms with E-state index in [1.54, 1.807) is 0 Å². The van der Waals surface area contributed by atoms with Crippen molar-refractivity contribution in [2.75, 3.05) is 0 Å². The second-order valence-electron chi connectivity index (χ2n) is 13.7. The van der Waals surface area contributed by atoms with Gasteiger partial charge in [0.1, 0.15) is 22.3 Å². The highest BCUT2D eigenvalue weighted by Crippen LogP contribution is 2.44. The van der Waals surface area contributed by atoms with E-state index in [4.69, 9.17) is 8.83 Å². The molecule has 0 saturated carbocycles. The SMILES string of the molecule is c1ccc2c(c1)oc1ccc(-c3cc(-c4ccc5oc6ccccc6c5c4)cc(-n4c5ccccc5c5ccc6c7ccccc7sc6c54)c3)cc12. The fourth-order valence-corrected chi connectivity index (χ4v) is 9.62. The zero-order valence-electron chi connectivity index (χ0n) is 27.8. The van der Waals surface area contributed by atoms with Crippen LogP contribution in [0.3, 0.4) is 0 Å². The van der Waals surface area contributed by atoms with Crippen molar-refractivity contribution in [1.29, 1.82) is 0 Å². The topological polar surface area (TPSA) is 31.2 Å². The van der Waals surface area contributed by atoms with Crippen molar-refractivity contribution in [3.05, 3.63) is 164 Å². The molecular weight excluding hydrogens is 655 g/mol. The van der Waals surface area contributed by atoms with Gasteiger partial charge in [0.15, 0.2) is 0 Å². The Hall–Kier alpha value is -6.62. The van der Waals surface area contributed by atoms with Crippen molar-refractivity contribution in [2.45, 2.75) is 0 Å². The first kappa shape index (κ1) is 28.1. The van der Waals surface area contributed by atoms with Gasteiger partial charge in [0.05, 0.1) is 15.7 Å². The molecule has 4 heteroatoms. The van der Waals surface area contributed by atoms with Gasteiger partial charge in [0.25, 0.3) is 0 Å². The lowest BCUT2D eigenvalue weighted by molar-refractivity contribution is 0.668. The van der Waals surface area contributed by atoms with Crippen LogP contribution in [-0.4, -0.2) is 4.57 Å². The number of hydrogen-bond donors (Lipinski definition) is 0. The fraction of sp³-hybridized carbons (Fsp3) is 0. The number of aromatic nitrogens is 1. The van der Waals surface area contributed by atoms with Gasteiger partial charge in [-0.05, 0) is 89.0 Å². The van der Waals surface area contributed by atoms with Gasteiger partial charge in [-0.25, -0.2) is 0 Å². The summed E-state index contributed by atoms with van der Waals surface area (Å²) in [6.45, 7) is 0. The maximum atomic E-state index is 6.24. The summed E-state index contributed by atoms with van der Waals surface area (Å²) in [7, 11) is 0. The van der Waals surface area contributed by atoms with Crippen LogP contribution < -0.4 is 0 Å². The van der Waals surface area contributed by atoms with Crippen LogP contribution in [-0.2, 0) is 0 Å². The van der Waals surface area contributed by atoms with E-state index in [9.17, 15) is 0 Å². The van der Waals surface area contributed by atoms with Gasteiger partial charge in [0.2, 0.25) is 0 Å². The number of rotatable bonds is 3. The maximum Gasteiger partial charge on any atom is 0.135 e. The number of fused-ring (bicyclic) bond motifs is 13. The number of furan rings is 2. The molecule has 4 aromatic heterocycles. The van der Waals surface area contributed by atoms with Gasteiger partial charge in [-0.2, -0.15) is 0 Å². The molecule has 0 atom stereocenters. The molecule has 0 radical (unpaired) electrons. The minimum Gasteiger partial charge on any atom is -0.456 e. The molecule has 0 aliphatic heterocycles. The first-order valence-electron chi connectivity index (χ1n) is 17.6. The standard InChI is InChI=1S/C48H27NO2S/c1-5-13-41-33(9-1)37-19-20-38-36-12-4-8-16-46(36)52-48(38)47(37)49(41)32-24-30(28-17-21-44-39(26-28)34-10-2-6-14-42(34)50-44)23-31(25-32)29-18-22-45-40(27-29)35-11-3-7-15-43(35)51-45/h1-27H. The molecule has 12 aromatic rings. The van der Waals surface area contributed by atoms with Crippen molar-refractivity contribution in [3.8, 4) is 27.9 Å². The monoisotopic (exact) mass is 681 g/mol. The molecule has 0 aliphatic carbocycles. The number of para-hydroxylation sites is 3. The molecule has 0 spiro atoms. The zero-order valence-corrected chi connectivity index (χ0v) is 28.6. The molecule has 242 valence electrons. The summed E-state index contributed by atoms with van der Waals surface area (Å²) in [5.41, 5.74) is 11.7. The van der Waals surface area contributed by atoms with E-state index in [0.717, 1.165) is 71.8 Å². The van der Waals surface area contributed by atoms with Crippen LogP contribution in [0.2, 0.25) is 0 Å². The summed E-state index contributed by atoms with van der Waals surface area (Å²) in [5.74, 6) is 0. The minimum atomic E-state index is 0.896. The Morgan fingerprint density at radius 1 is 0.365 bits per heavy atom. The van der Waals surface area contributed by atoms with Crippen molar-refractivity contribution in [2.24, 2.45) is 0 Å². The lowest BCUT2D eigenvalue weighted by atomic mass is 9.96. The van der Waals surface area contributed by atoms with Crippen LogP contribution >= 0.6 is 11.3 Å². The van der Waals surface area contributed by atoms with Gasteiger partial charge >= 0.3 is 0 Å².